The van der Waals surface area contributed by atoms with Gasteiger partial charge in [-0.3, -0.25) is 14.5 Å². The maximum atomic E-state index is 12.7. The zero-order chi connectivity index (χ0) is 19.4. The topological polar surface area (TPSA) is 53.9 Å². The van der Waals surface area contributed by atoms with Crippen molar-refractivity contribution in [1.82, 2.24) is 19.7 Å². The maximum Gasteiger partial charge on any atom is 0.224 e. The molecule has 0 bridgehead atoms. The zero-order valence-electron chi connectivity index (χ0n) is 15.2. The van der Waals surface area contributed by atoms with Crippen molar-refractivity contribution < 1.29 is 4.79 Å². The largest absolute Gasteiger partial charge is 0.338 e. The number of halogens is 1. The Hall–Kier alpha value is -1.96. The molecule has 1 N–H and O–H groups in total. The molecule has 0 saturated carbocycles. The van der Waals surface area contributed by atoms with E-state index >= 15 is 0 Å². The molecule has 0 radical (unpaired) electrons. The van der Waals surface area contributed by atoms with Crippen LogP contribution in [0.1, 0.15) is 23.8 Å². The summed E-state index contributed by atoms with van der Waals surface area (Å²) in [6.07, 6.45) is 0.361. The van der Waals surface area contributed by atoms with Crippen LogP contribution >= 0.6 is 35.2 Å². The highest BCUT2D eigenvalue weighted by Gasteiger charge is 2.15. The minimum absolute atomic E-state index is 0.0833. The first-order valence-corrected chi connectivity index (χ1v) is 10.3. The number of rotatable bonds is 7. The van der Waals surface area contributed by atoms with Gasteiger partial charge in [-0.15, -0.1) is 11.3 Å². The molecule has 0 aliphatic carbocycles. The van der Waals surface area contributed by atoms with E-state index in [-0.39, 0.29) is 5.91 Å². The highest BCUT2D eigenvalue weighted by atomic mass is 35.5. The first-order chi connectivity index (χ1) is 13.0. The molecule has 27 heavy (non-hydrogen) atoms. The molecule has 1 aromatic carbocycles. The first kappa shape index (κ1) is 19.8. The van der Waals surface area contributed by atoms with Gasteiger partial charge in [0.05, 0.1) is 10.9 Å². The Labute approximate surface area is 172 Å². The van der Waals surface area contributed by atoms with Crippen molar-refractivity contribution in [1.29, 1.82) is 0 Å². The number of carbonyl (C=O) groups excluding carboxylic acids is 1. The molecule has 0 saturated heterocycles. The van der Waals surface area contributed by atoms with Gasteiger partial charge in [0.2, 0.25) is 5.91 Å². The number of nitrogens with one attached hydrogen (secondary N) is 1. The predicted octanol–water partition coefficient (Wildman–Crippen LogP) is 5.07. The first-order valence-electron chi connectivity index (χ1n) is 8.72. The number of hydrogen-bond acceptors (Lipinski definition) is 4. The van der Waals surface area contributed by atoms with E-state index < -0.39 is 0 Å². The highest BCUT2D eigenvalue weighted by Crippen LogP contribution is 2.23. The summed E-state index contributed by atoms with van der Waals surface area (Å²) in [4.78, 5) is 15.6. The Kier molecular flexibility index (Phi) is 6.46. The molecule has 2 heterocycles. The molecule has 3 aromatic rings. The number of aryl methyl sites for hydroxylation is 1. The monoisotopic (exact) mass is 420 g/mol. The average Bonchev–Trinajstić information content (AvgIpc) is 3.23. The van der Waals surface area contributed by atoms with Gasteiger partial charge in [0.1, 0.15) is 0 Å². The lowest BCUT2D eigenvalue weighted by molar-refractivity contribution is -0.131. The second-order valence-electron chi connectivity index (χ2n) is 6.23. The lowest BCUT2D eigenvalue weighted by Crippen LogP contribution is -2.30. The van der Waals surface area contributed by atoms with Gasteiger partial charge in [0.15, 0.2) is 10.6 Å². The second kappa shape index (κ2) is 8.82. The van der Waals surface area contributed by atoms with Crippen LogP contribution in [0.3, 0.4) is 0 Å². The van der Waals surface area contributed by atoms with Crippen molar-refractivity contribution in [3.63, 3.8) is 0 Å². The van der Waals surface area contributed by atoms with Gasteiger partial charge in [-0.2, -0.15) is 5.10 Å². The minimum Gasteiger partial charge on any atom is -0.338 e. The van der Waals surface area contributed by atoms with Crippen LogP contribution in [0.15, 0.2) is 36.4 Å². The number of aromatic amines is 1. The Morgan fingerprint density at radius 1 is 1.30 bits per heavy atom. The smallest absolute Gasteiger partial charge is 0.224 e. The summed E-state index contributed by atoms with van der Waals surface area (Å²) in [5.74, 6) is 0.834. The van der Waals surface area contributed by atoms with Crippen LogP contribution in [0, 0.1) is 11.7 Å². The molecule has 142 valence electrons. The van der Waals surface area contributed by atoms with Crippen LogP contribution in [0.2, 0.25) is 4.34 Å². The summed E-state index contributed by atoms with van der Waals surface area (Å²) in [7, 11) is 0. The van der Waals surface area contributed by atoms with Crippen molar-refractivity contribution in [3.05, 3.63) is 55.9 Å². The number of thiophene rings is 1. The fourth-order valence-electron chi connectivity index (χ4n) is 2.81. The van der Waals surface area contributed by atoms with Crippen LogP contribution in [0.5, 0.6) is 0 Å². The van der Waals surface area contributed by atoms with Crippen molar-refractivity contribution in [2.45, 2.75) is 33.4 Å². The van der Waals surface area contributed by atoms with Gasteiger partial charge in [-0.25, -0.2) is 0 Å². The lowest BCUT2D eigenvalue weighted by atomic mass is 10.1. The Morgan fingerprint density at radius 3 is 2.67 bits per heavy atom. The second-order valence-corrected chi connectivity index (χ2v) is 8.42. The van der Waals surface area contributed by atoms with Gasteiger partial charge in [-0.1, -0.05) is 41.4 Å². The molecule has 0 atom stereocenters. The Morgan fingerprint density at radius 2 is 2.04 bits per heavy atom. The number of carbonyl (C=O) groups is 1. The molecule has 0 unspecified atom stereocenters. The Balaban J connectivity index is 1.70. The van der Waals surface area contributed by atoms with E-state index in [1.807, 2.05) is 59.7 Å². The van der Waals surface area contributed by atoms with E-state index in [1.54, 1.807) is 0 Å². The van der Waals surface area contributed by atoms with E-state index in [1.165, 1.54) is 16.9 Å². The summed E-state index contributed by atoms with van der Waals surface area (Å²) in [5.41, 5.74) is 2.16. The molecule has 0 fully saturated rings. The molecule has 0 spiro atoms. The van der Waals surface area contributed by atoms with Gasteiger partial charge >= 0.3 is 0 Å². The molecular weight excluding hydrogens is 400 g/mol. The van der Waals surface area contributed by atoms with Crippen LogP contribution < -0.4 is 0 Å². The van der Waals surface area contributed by atoms with Crippen molar-refractivity contribution in [2.24, 2.45) is 0 Å². The minimum atomic E-state index is 0.0833. The number of benzene rings is 1. The third-order valence-electron chi connectivity index (χ3n) is 4.33. The van der Waals surface area contributed by atoms with Gasteiger partial charge in [-0.05, 0) is 38.2 Å². The summed E-state index contributed by atoms with van der Waals surface area (Å²) in [6, 6.07) is 11.9. The summed E-state index contributed by atoms with van der Waals surface area (Å²) >= 11 is 12.8. The van der Waals surface area contributed by atoms with E-state index in [0.717, 1.165) is 20.6 Å². The third kappa shape index (κ3) is 4.86. The fourth-order valence-corrected chi connectivity index (χ4v) is 4.14. The molecule has 5 nitrogen and oxygen atoms in total. The lowest BCUT2D eigenvalue weighted by Gasteiger charge is -2.20. The average molecular weight is 421 g/mol. The van der Waals surface area contributed by atoms with Crippen LogP contribution in [-0.4, -0.2) is 32.1 Å². The molecule has 1 amide bonds. The summed E-state index contributed by atoms with van der Waals surface area (Å²) in [6.45, 7) is 5.73. The van der Waals surface area contributed by atoms with Crippen LogP contribution in [0.4, 0.5) is 0 Å². The zero-order valence-corrected chi connectivity index (χ0v) is 17.6. The summed E-state index contributed by atoms with van der Waals surface area (Å²) in [5, 5.41) is 7.17. The van der Waals surface area contributed by atoms with Crippen molar-refractivity contribution in [3.8, 4) is 11.4 Å². The van der Waals surface area contributed by atoms with Crippen molar-refractivity contribution in [2.75, 3.05) is 6.54 Å². The van der Waals surface area contributed by atoms with E-state index in [0.29, 0.717) is 30.8 Å². The van der Waals surface area contributed by atoms with Gasteiger partial charge < -0.3 is 4.90 Å². The van der Waals surface area contributed by atoms with E-state index in [2.05, 4.69) is 10.2 Å². The molecule has 2 aromatic heterocycles. The number of nitrogens with zero attached hydrogens (tertiary/aromatic N) is 3. The maximum absolute atomic E-state index is 12.7. The number of amides is 1. The van der Waals surface area contributed by atoms with E-state index in [9.17, 15) is 4.79 Å². The molecular formula is C19H21ClN4OS2. The van der Waals surface area contributed by atoms with Gasteiger partial charge in [0.25, 0.3) is 0 Å². The Bertz CT molecular complexity index is 974. The van der Waals surface area contributed by atoms with E-state index in [4.69, 9.17) is 23.8 Å². The van der Waals surface area contributed by atoms with Crippen LogP contribution in [-0.2, 0) is 17.9 Å². The predicted molar refractivity (Wildman–Crippen MR) is 113 cm³/mol. The SMILES string of the molecule is CCN(Cc1ccc(Cl)s1)C(=O)CCn1c(-c2ccc(C)cc2)n[nH]c1=S. The number of H-pyrrole nitrogens is 1. The molecule has 0 aliphatic heterocycles. The van der Waals surface area contributed by atoms with Gasteiger partial charge in [0, 0.05) is 30.0 Å². The van der Waals surface area contributed by atoms with Crippen LogP contribution in [0.25, 0.3) is 11.4 Å². The fraction of sp³-hybridized carbons (Fsp3) is 0.316. The standard InChI is InChI=1S/C19H21ClN4OS2/c1-3-23(12-15-8-9-16(20)27-15)17(25)10-11-24-18(21-22-19(24)26)14-6-4-13(2)5-7-14/h4-9H,3,10-12H2,1-2H3,(H,22,26). The highest BCUT2D eigenvalue weighted by molar-refractivity contribution is 7.71. The molecule has 3 rings (SSSR count). The quantitative estimate of drug-likeness (QED) is 0.543. The van der Waals surface area contributed by atoms with Crippen molar-refractivity contribution >= 4 is 41.1 Å². The number of aromatic nitrogens is 3. The normalized spacial score (nSPS) is 10.9. The summed E-state index contributed by atoms with van der Waals surface area (Å²) < 4.78 is 3.14. The number of hydrogen-bond donors (Lipinski definition) is 1. The molecule has 0 aliphatic rings. The third-order valence-corrected chi connectivity index (χ3v) is 5.85. The molecule has 8 heteroatoms.